The molecule has 2 aromatic carbocycles. The average Bonchev–Trinajstić information content (AvgIpc) is 3.07. The molecule has 0 atom stereocenters. The Morgan fingerprint density at radius 1 is 1.04 bits per heavy atom. The van der Waals surface area contributed by atoms with Crippen LogP contribution in [0.5, 0.6) is 0 Å². The predicted molar refractivity (Wildman–Crippen MR) is 106 cm³/mol. The van der Waals surface area contributed by atoms with Gasteiger partial charge in [-0.05, 0) is 37.1 Å². The molecular weight excluding hydrogens is 344 g/mol. The van der Waals surface area contributed by atoms with E-state index in [-0.39, 0.29) is 5.56 Å². The topological polar surface area (TPSA) is 52.2 Å². The summed E-state index contributed by atoms with van der Waals surface area (Å²) in [7, 11) is 0. The average molecular weight is 364 g/mol. The molecule has 0 aliphatic carbocycles. The number of para-hydroxylation sites is 2. The molecular formula is C20H20N4OS. The normalized spacial score (nSPS) is 11.5. The number of fused-ring (bicyclic) bond motifs is 3. The largest absolute Gasteiger partial charge is 0.268 e. The maximum absolute atomic E-state index is 13.2. The highest BCUT2D eigenvalue weighted by atomic mass is 32.2. The Labute approximate surface area is 155 Å². The van der Waals surface area contributed by atoms with E-state index in [1.165, 1.54) is 0 Å². The number of aryl methyl sites for hydroxylation is 1. The second-order valence-electron chi connectivity index (χ2n) is 6.26. The van der Waals surface area contributed by atoms with Crippen LogP contribution in [0.3, 0.4) is 0 Å². The van der Waals surface area contributed by atoms with Crippen molar-refractivity contribution >= 4 is 28.4 Å². The Kier molecular flexibility index (Phi) is 4.51. The fourth-order valence-corrected chi connectivity index (χ4v) is 4.13. The molecule has 5 nitrogen and oxygen atoms in total. The molecule has 0 amide bonds. The number of thioether (sulfide) groups is 1. The van der Waals surface area contributed by atoms with Gasteiger partial charge in [-0.3, -0.25) is 9.20 Å². The maximum Gasteiger partial charge on any atom is 0.267 e. The van der Waals surface area contributed by atoms with E-state index in [0.29, 0.717) is 11.2 Å². The SMILES string of the molecule is CCCCSc1nnc2n(-c3ccccc3C)c(=O)c3ccccc3n12. The van der Waals surface area contributed by atoms with Crippen LogP contribution >= 0.6 is 11.8 Å². The summed E-state index contributed by atoms with van der Waals surface area (Å²) in [6.45, 7) is 4.18. The van der Waals surface area contributed by atoms with E-state index in [1.807, 2.05) is 59.9 Å². The lowest BCUT2D eigenvalue weighted by Gasteiger charge is -2.13. The summed E-state index contributed by atoms with van der Waals surface area (Å²) >= 11 is 1.68. The summed E-state index contributed by atoms with van der Waals surface area (Å²) in [6, 6.07) is 15.5. The Balaban J connectivity index is 2.07. The van der Waals surface area contributed by atoms with Crippen LogP contribution in [0.15, 0.2) is 58.5 Å². The molecule has 4 aromatic rings. The Morgan fingerprint density at radius 2 is 1.81 bits per heavy atom. The van der Waals surface area contributed by atoms with Gasteiger partial charge >= 0.3 is 0 Å². The minimum atomic E-state index is -0.0695. The van der Waals surface area contributed by atoms with Crippen LogP contribution in [0.2, 0.25) is 0 Å². The number of nitrogens with zero attached hydrogens (tertiary/aromatic N) is 4. The molecule has 26 heavy (non-hydrogen) atoms. The third kappa shape index (κ3) is 2.70. The van der Waals surface area contributed by atoms with E-state index in [9.17, 15) is 4.79 Å². The molecule has 132 valence electrons. The van der Waals surface area contributed by atoms with E-state index < -0.39 is 0 Å². The van der Waals surface area contributed by atoms with Crippen molar-refractivity contribution in [2.45, 2.75) is 31.8 Å². The van der Waals surface area contributed by atoms with Crippen LogP contribution in [-0.4, -0.2) is 24.9 Å². The first-order valence-corrected chi connectivity index (χ1v) is 9.78. The third-order valence-electron chi connectivity index (χ3n) is 4.48. The van der Waals surface area contributed by atoms with Gasteiger partial charge in [-0.15, -0.1) is 10.2 Å². The summed E-state index contributed by atoms with van der Waals surface area (Å²) in [6.07, 6.45) is 2.26. The van der Waals surface area contributed by atoms with Crippen molar-refractivity contribution in [1.82, 2.24) is 19.2 Å². The molecule has 4 rings (SSSR count). The highest BCUT2D eigenvalue weighted by Gasteiger charge is 2.18. The second-order valence-corrected chi connectivity index (χ2v) is 7.33. The molecule has 0 radical (unpaired) electrons. The molecule has 6 heteroatoms. The van der Waals surface area contributed by atoms with E-state index in [4.69, 9.17) is 0 Å². The highest BCUT2D eigenvalue weighted by molar-refractivity contribution is 7.99. The van der Waals surface area contributed by atoms with Gasteiger partial charge in [0.1, 0.15) is 0 Å². The van der Waals surface area contributed by atoms with Crippen molar-refractivity contribution < 1.29 is 0 Å². The van der Waals surface area contributed by atoms with Gasteiger partial charge in [-0.25, -0.2) is 4.57 Å². The first-order chi connectivity index (χ1) is 12.7. The molecule has 0 bridgehead atoms. The molecule has 0 N–H and O–H groups in total. The van der Waals surface area contributed by atoms with Crippen molar-refractivity contribution in [3.8, 4) is 5.69 Å². The van der Waals surface area contributed by atoms with Crippen molar-refractivity contribution in [2.24, 2.45) is 0 Å². The molecule has 0 fully saturated rings. The fraction of sp³-hybridized carbons (Fsp3) is 0.250. The minimum Gasteiger partial charge on any atom is -0.268 e. The zero-order valence-corrected chi connectivity index (χ0v) is 15.7. The first-order valence-electron chi connectivity index (χ1n) is 8.80. The molecule has 0 saturated carbocycles. The van der Waals surface area contributed by atoms with E-state index in [0.717, 1.165) is 40.5 Å². The smallest absolute Gasteiger partial charge is 0.267 e. The lowest BCUT2D eigenvalue weighted by molar-refractivity contribution is 0.883. The molecule has 0 unspecified atom stereocenters. The third-order valence-corrected chi connectivity index (χ3v) is 5.50. The van der Waals surface area contributed by atoms with E-state index in [1.54, 1.807) is 16.3 Å². The van der Waals surface area contributed by atoms with Crippen molar-refractivity contribution in [3.63, 3.8) is 0 Å². The van der Waals surface area contributed by atoms with Crippen LogP contribution in [0.4, 0.5) is 0 Å². The quantitative estimate of drug-likeness (QED) is 0.393. The first kappa shape index (κ1) is 16.8. The van der Waals surface area contributed by atoms with Crippen LogP contribution in [-0.2, 0) is 0 Å². The van der Waals surface area contributed by atoms with E-state index >= 15 is 0 Å². The molecule has 2 heterocycles. The number of rotatable bonds is 5. The van der Waals surface area contributed by atoms with Crippen molar-refractivity contribution in [3.05, 3.63) is 64.4 Å². The maximum atomic E-state index is 13.2. The molecule has 2 aromatic heterocycles. The minimum absolute atomic E-state index is 0.0695. The summed E-state index contributed by atoms with van der Waals surface area (Å²) in [5, 5.41) is 10.3. The summed E-state index contributed by atoms with van der Waals surface area (Å²) < 4.78 is 3.68. The fourth-order valence-electron chi connectivity index (χ4n) is 3.11. The van der Waals surface area contributed by atoms with Crippen molar-refractivity contribution in [2.75, 3.05) is 5.75 Å². The Bertz CT molecular complexity index is 1150. The summed E-state index contributed by atoms with van der Waals surface area (Å²) in [4.78, 5) is 13.2. The van der Waals surface area contributed by atoms with Gasteiger partial charge in [0.15, 0.2) is 5.16 Å². The number of hydrogen-bond acceptors (Lipinski definition) is 4. The van der Waals surface area contributed by atoms with Gasteiger partial charge in [0.25, 0.3) is 5.56 Å². The molecule has 0 saturated heterocycles. The van der Waals surface area contributed by atoms with Gasteiger partial charge in [-0.1, -0.05) is 55.4 Å². The Morgan fingerprint density at radius 3 is 2.62 bits per heavy atom. The van der Waals surface area contributed by atoms with Gasteiger partial charge in [0, 0.05) is 5.75 Å². The van der Waals surface area contributed by atoms with Gasteiger partial charge in [-0.2, -0.15) is 0 Å². The molecule has 0 spiro atoms. The van der Waals surface area contributed by atoms with Crippen LogP contribution in [0.1, 0.15) is 25.3 Å². The number of benzene rings is 2. The lowest BCUT2D eigenvalue weighted by Crippen LogP contribution is -2.22. The van der Waals surface area contributed by atoms with Crippen LogP contribution in [0.25, 0.3) is 22.4 Å². The molecule has 0 aliphatic heterocycles. The van der Waals surface area contributed by atoms with Gasteiger partial charge in [0.2, 0.25) is 5.78 Å². The van der Waals surface area contributed by atoms with E-state index in [2.05, 4.69) is 17.1 Å². The van der Waals surface area contributed by atoms with Crippen molar-refractivity contribution in [1.29, 1.82) is 0 Å². The second kappa shape index (κ2) is 6.96. The summed E-state index contributed by atoms with van der Waals surface area (Å²) in [5.74, 6) is 1.54. The van der Waals surface area contributed by atoms with Gasteiger partial charge in [0.05, 0.1) is 16.6 Å². The number of hydrogen-bond donors (Lipinski definition) is 0. The zero-order valence-electron chi connectivity index (χ0n) is 14.8. The van der Waals surface area contributed by atoms with Crippen LogP contribution in [0, 0.1) is 6.92 Å². The lowest BCUT2D eigenvalue weighted by atomic mass is 10.2. The number of aromatic nitrogens is 4. The monoisotopic (exact) mass is 364 g/mol. The standard InChI is InChI=1S/C20H20N4OS/c1-3-4-13-26-20-22-21-19-23(16-11-7-5-9-14(16)2)18(25)15-10-6-8-12-17(15)24(19)20/h5-12H,3-4,13H2,1-2H3. The molecule has 0 aliphatic rings. The Hall–Kier alpha value is -2.60. The number of unbranched alkanes of at least 4 members (excludes halogenated alkanes) is 1. The van der Waals surface area contributed by atoms with Gasteiger partial charge < -0.3 is 0 Å². The predicted octanol–water partition coefficient (Wildman–Crippen LogP) is 4.23. The summed E-state index contributed by atoms with van der Waals surface area (Å²) in [5.41, 5.74) is 2.64. The highest BCUT2D eigenvalue weighted by Crippen LogP contribution is 2.24. The zero-order chi connectivity index (χ0) is 18.1. The van der Waals surface area contributed by atoms with Crippen LogP contribution < -0.4 is 5.56 Å².